The largest absolute Gasteiger partial charge is 0.478 e. The Morgan fingerprint density at radius 2 is 2.19 bits per heavy atom. The van der Waals surface area contributed by atoms with Gasteiger partial charge in [-0.25, -0.2) is 9.59 Å². The molecule has 1 aromatic heterocycles. The second kappa shape index (κ2) is 6.35. The standard InChI is InChI=1S/C12H11BrN4O4/c1-6-15-10(21-17-6)5-14-12(20)16-9-3-2-7(11(18)19)4-8(9)13/h2-4H,5H2,1H3,(H,18,19)(H2,14,16,20). The van der Waals surface area contributed by atoms with Gasteiger partial charge in [-0.15, -0.1) is 0 Å². The van der Waals surface area contributed by atoms with E-state index in [-0.39, 0.29) is 12.1 Å². The lowest BCUT2D eigenvalue weighted by Crippen LogP contribution is -2.28. The highest BCUT2D eigenvalue weighted by Gasteiger charge is 2.10. The van der Waals surface area contributed by atoms with Crippen molar-refractivity contribution in [2.75, 3.05) is 5.32 Å². The van der Waals surface area contributed by atoms with E-state index in [1.165, 1.54) is 18.2 Å². The predicted molar refractivity (Wildman–Crippen MR) is 76.0 cm³/mol. The zero-order valence-electron chi connectivity index (χ0n) is 10.9. The maximum atomic E-state index is 11.7. The lowest BCUT2D eigenvalue weighted by Gasteiger charge is -2.08. The van der Waals surface area contributed by atoms with Gasteiger partial charge in [0, 0.05) is 4.47 Å². The summed E-state index contributed by atoms with van der Waals surface area (Å²) < 4.78 is 5.32. The first-order valence-electron chi connectivity index (χ1n) is 5.82. The number of rotatable bonds is 4. The summed E-state index contributed by atoms with van der Waals surface area (Å²) in [4.78, 5) is 26.5. The number of aromatic carboxylic acids is 1. The summed E-state index contributed by atoms with van der Waals surface area (Å²) in [5.41, 5.74) is 0.563. The van der Waals surface area contributed by atoms with Crippen LogP contribution in [0.15, 0.2) is 27.2 Å². The Balaban J connectivity index is 1.94. The summed E-state index contributed by atoms with van der Waals surface area (Å²) in [7, 11) is 0. The molecule has 0 unspecified atom stereocenters. The van der Waals surface area contributed by atoms with Crippen LogP contribution < -0.4 is 10.6 Å². The fourth-order valence-electron chi connectivity index (χ4n) is 1.48. The molecule has 0 spiro atoms. The summed E-state index contributed by atoms with van der Waals surface area (Å²) in [5, 5.41) is 17.6. The molecule has 8 nitrogen and oxygen atoms in total. The maximum Gasteiger partial charge on any atom is 0.335 e. The smallest absolute Gasteiger partial charge is 0.335 e. The molecule has 0 aliphatic rings. The Kier molecular flexibility index (Phi) is 4.53. The number of amides is 2. The number of carbonyl (C=O) groups is 2. The number of carboxylic acid groups (broad SMARTS) is 1. The first kappa shape index (κ1) is 15.0. The summed E-state index contributed by atoms with van der Waals surface area (Å²) in [6.45, 7) is 1.77. The van der Waals surface area contributed by atoms with Crippen molar-refractivity contribution in [1.82, 2.24) is 15.5 Å². The van der Waals surface area contributed by atoms with E-state index in [4.69, 9.17) is 9.63 Å². The van der Waals surface area contributed by atoms with Gasteiger partial charge >= 0.3 is 12.0 Å². The number of aromatic nitrogens is 2. The second-order valence-corrected chi connectivity index (χ2v) is 4.90. The van der Waals surface area contributed by atoms with Crippen LogP contribution >= 0.6 is 15.9 Å². The molecule has 0 atom stereocenters. The summed E-state index contributed by atoms with van der Waals surface area (Å²) >= 11 is 3.20. The summed E-state index contributed by atoms with van der Waals surface area (Å²) in [6, 6.07) is 3.81. The number of carbonyl (C=O) groups excluding carboxylic acids is 1. The van der Waals surface area contributed by atoms with Crippen molar-refractivity contribution in [3.05, 3.63) is 40.0 Å². The zero-order valence-corrected chi connectivity index (χ0v) is 12.5. The fraction of sp³-hybridized carbons (Fsp3) is 0.167. The molecule has 9 heteroatoms. The minimum Gasteiger partial charge on any atom is -0.478 e. The normalized spacial score (nSPS) is 10.2. The first-order valence-corrected chi connectivity index (χ1v) is 6.62. The van der Waals surface area contributed by atoms with Crippen molar-refractivity contribution in [2.24, 2.45) is 0 Å². The highest BCUT2D eigenvalue weighted by atomic mass is 79.9. The van der Waals surface area contributed by atoms with Gasteiger partial charge < -0.3 is 20.3 Å². The SMILES string of the molecule is Cc1noc(CNC(=O)Nc2ccc(C(=O)O)cc2Br)n1. The molecule has 21 heavy (non-hydrogen) atoms. The van der Waals surface area contributed by atoms with E-state index in [0.717, 1.165) is 0 Å². The van der Waals surface area contributed by atoms with Crippen LogP contribution in [-0.2, 0) is 6.54 Å². The van der Waals surface area contributed by atoms with Gasteiger partial charge in [-0.1, -0.05) is 5.16 Å². The van der Waals surface area contributed by atoms with Crippen molar-refractivity contribution < 1.29 is 19.2 Å². The van der Waals surface area contributed by atoms with E-state index in [0.29, 0.717) is 21.9 Å². The van der Waals surface area contributed by atoms with Crippen molar-refractivity contribution in [3.63, 3.8) is 0 Å². The molecule has 0 saturated heterocycles. The lowest BCUT2D eigenvalue weighted by atomic mass is 10.2. The minimum absolute atomic E-state index is 0.0947. The number of nitrogens with one attached hydrogen (secondary N) is 2. The molecular weight excluding hydrogens is 344 g/mol. The number of hydrogen-bond acceptors (Lipinski definition) is 5. The third-order valence-electron chi connectivity index (χ3n) is 2.43. The van der Waals surface area contributed by atoms with Gasteiger partial charge in [0.25, 0.3) is 0 Å². The summed E-state index contributed by atoms with van der Waals surface area (Å²) in [6.07, 6.45) is 0. The van der Waals surface area contributed by atoms with E-state index < -0.39 is 12.0 Å². The van der Waals surface area contributed by atoms with Crippen LogP contribution in [0.1, 0.15) is 22.1 Å². The number of benzene rings is 1. The Labute approximate surface area is 127 Å². The van der Waals surface area contributed by atoms with Crippen LogP contribution in [0.2, 0.25) is 0 Å². The molecule has 1 aromatic carbocycles. The molecule has 3 N–H and O–H groups in total. The number of halogens is 1. The Morgan fingerprint density at radius 3 is 2.76 bits per heavy atom. The molecule has 0 aliphatic carbocycles. The van der Waals surface area contributed by atoms with E-state index >= 15 is 0 Å². The quantitative estimate of drug-likeness (QED) is 0.774. The van der Waals surface area contributed by atoms with Crippen LogP contribution in [-0.4, -0.2) is 27.2 Å². The van der Waals surface area contributed by atoms with E-state index in [2.05, 4.69) is 36.7 Å². The molecule has 2 aromatic rings. The highest BCUT2D eigenvalue weighted by molar-refractivity contribution is 9.10. The van der Waals surface area contributed by atoms with Crippen molar-refractivity contribution >= 4 is 33.6 Å². The van der Waals surface area contributed by atoms with Crippen molar-refractivity contribution in [3.8, 4) is 0 Å². The number of urea groups is 1. The molecule has 1 heterocycles. The fourth-order valence-corrected chi connectivity index (χ4v) is 1.96. The summed E-state index contributed by atoms with van der Waals surface area (Å²) in [5.74, 6) is -0.263. The van der Waals surface area contributed by atoms with Crippen LogP contribution in [0.25, 0.3) is 0 Å². The maximum absolute atomic E-state index is 11.7. The highest BCUT2D eigenvalue weighted by Crippen LogP contribution is 2.23. The molecule has 0 radical (unpaired) electrons. The molecule has 0 fully saturated rings. The van der Waals surface area contributed by atoms with E-state index in [1.54, 1.807) is 6.92 Å². The average Bonchev–Trinajstić information content (AvgIpc) is 2.84. The van der Waals surface area contributed by atoms with Crippen LogP contribution in [0.3, 0.4) is 0 Å². The Bertz CT molecular complexity index is 686. The number of hydrogen-bond donors (Lipinski definition) is 3. The van der Waals surface area contributed by atoms with E-state index in [9.17, 15) is 9.59 Å². The van der Waals surface area contributed by atoms with Gasteiger partial charge in [-0.05, 0) is 41.1 Å². The Hall–Kier alpha value is -2.42. The van der Waals surface area contributed by atoms with Crippen LogP contribution in [0.5, 0.6) is 0 Å². The third kappa shape index (κ3) is 4.02. The third-order valence-corrected chi connectivity index (χ3v) is 3.09. The van der Waals surface area contributed by atoms with E-state index in [1.807, 2.05) is 0 Å². The van der Waals surface area contributed by atoms with Gasteiger partial charge in [0.05, 0.1) is 17.8 Å². The van der Waals surface area contributed by atoms with Gasteiger partial charge in [-0.2, -0.15) is 4.98 Å². The lowest BCUT2D eigenvalue weighted by molar-refractivity contribution is 0.0697. The number of anilines is 1. The second-order valence-electron chi connectivity index (χ2n) is 4.04. The van der Waals surface area contributed by atoms with Gasteiger partial charge in [0.15, 0.2) is 5.82 Å². The molecule has 0 bridgehead atoms. The van der Waals surface area contributed by atoms with Crippen LogP contribution in [0.4, 0.5) is 10.5 Å². The molecule has 110 valence electrons. The molecule has 2 rings (SSSR count). The molecule has 0 aliphatic heterocycles. The predicted octanol–water partition coefficient (Wildman–Crippen LogP) is 2.16. The number of nitrogens with zero attached hydrogens (tertiary/aromatic N) is 2. The monoisotopic (exact) mass is 354 g/mol. The number of aryl methyl sites for hydroxylation is 1. The van der Waals surface area contributed by atoms with Crippen molar-refractivity contribution in [1.29, 1.82) is 0 Å². The Morgan fingerprint density at radius 1 is 1.43 bits per heavy atom. The molecule has 2 amide bonds. The first-order chi connectivity index (χ1) is 9.95. The van der Waals surface area contributed by atoms with Gasteiger partial charge in [-0.3, -0.25) is 0 Å². The van der Waals surface area contributed by atoms with Gasteiger partial charge in [0.2, 0.25) is 5.89 Å². The topological polar surface area (TPSA) is 117 Å². The zero-order chi connectivity index (χ0) is 15.4. The molecular formula is C12H11BrN4O4. The number of carboxylic acids is 1. The molecule has 0 saturated carbocycles. The van der Waals surface area contributed by atoms with Crippen molar-refractivity contribution in [2.45, 2.75) is 13.5 Å². The van der Waals surface area contributed by atoms with Crippen LogP contribution in [0, 0.1) is 6.92 Å². The van der Waals surface area contributed by atoms with Gasteiger partial charge in [0.1, 0.15) is 0 Å². The average molecular weight is 355 g/mol. The minimum atomic E-state index is -1.04.